The Morgan fingerprint density at radius 1 is 0.758 bits per heavy atom. The van der Waals surface area contributed by atoms with Crippen molar-refractivity contribution in [2.45, 2.75) is 13.5 Å². The van der Waals surface area contributed by atoms with Gasteiger partial charge in [0.2, 0.25) is 5.75 Å². The van der Waals surface area contributed by atoms with Gasteiger partial charge in [0.05, 0.1) is 27.4 Å². The molecule has 3 rings (SSSR count). The fourth-order valence-electron chi connectivity index (χ4n) is 2.89. The SMILES string of the molecule is CCOc1cc(CNc2ccc([N+](=O)[O-])cc2)ccc1Oc1ccc([N+](=O)[O-])cc1[N+](=O)[O-]. The lowest BCUT2D eigenvalue weighted by atomic mass is 10.2. The zero-order valence-electron chi connectivity index (χ0n) is 17.3. The molecule has 33 heavy (non-hydrogen) atoms. The number of hydrogen-bond acceptors (Lipinski definition) is 9. The molecule has 0 saturated carbocycles. The third-order valence-corrected chi connectivity index (χ3v) is 4.45. The fraction of sp³-hybridized carbons (Fsp3) is 0.143. The highest BCUT2D eigenvalue weighted by Crippen LogP contribution is 2.38. The second kappa shape index (κ2) is 10.0. The number of nitrogens with zero attached hydrogens (tertiary/aromatic N) is 3. The first-order valence-electron chi connectivity index (χ1n) is 9.63. The van der Waals surface area contributed by atoms with E-state index in [0.29, 0.717) is 24.6 Å². The molecule has 0 atom stereocenters. The molecule has 0 aliphatic heterocycles. The first kappa shape index (κ1) is 22.9. The van der Waals surface area contributed by atoms with Crippen molar-refractivity contribution in [2.75, 3.05) is 11.9 Å². The van der Waals surface area contributed by atoms with Gasteiger partial charge in [0, 0.05) is 30.4 Å². The highest BCUT2D eigenvalue weighted by atomic mass is 16.6. The third kappa shape index (κ3) is 5.70. The quantitative estimate of drug-likeness (QED) is 0.320. The van der Waals surface area contributed by atoms with Crippen molar-refractivity contribution in [2.24, 2.45) is 0 Å². The van der Waals surface area contributed by atoms with Crippen LogP contribution < -0.4 is 14.8 Å². The predicted molar refractivity (Wildman–Crippen MR) is 118 cm³/mol. The number of nitrogens with one attached hydrogen (secondary N) is 1. The average Bonchev–Trinajstić information content (AvgIpc) is 2.79. The van der Waals surface area contributed by atoms with Gasteiger partial charge in [-0.25, -0.2) is 0 Å². The summed E-state index contributed by atoms with van der Waals surface area (Å²) in [7, 11) is 0. The molecule has 0 radical (unpaired) electrons. The van der Waals surface area contributed by atoms with Crippen LogP contribution in [-0.4, -0.2) is 21.4 Å². The van der Waals surface area contributed by atoms with Crippen LogP contribution in [0.4, 0.5) is 22.7 Å². The van der Waals surface area contributed by atoms with Crippen LogP contribution in [0.25, 0.3) is 0 Å². The minimum atomic E-state index is -0.759. The Morgan fingerprint density at radius 2 is 1.39 bits per heavy atom. The zero-order chi connectivity index (χ0) is 24.0. The van der Waals surface area contributed by atoms with E-state index in [1.165, 1.54) is 12.1 Å². The Bertz CT molecular complexity index is 1200. The summed E-state index contributed by atoms with van der Waals surface area (Å²) >= 11 is 0. The minimum Gasteiger partial charge on any atom is -0.490 e. The summed E-state index contributed by atoms with van der Waals surface area (Å²) in [5, 5.41) is 36.2. The van der Waals surface area contributed by atoms with Crippen molar-refractivity contribution in [3.05, 3.63) is 96.6 Å². The Morgan fingerprint density at radius 3 is 2.00 bits per heavy atom. The summed E-state index contributed by atoms with van der Waals surface area (Å²) in [5.41, 5.74) is 0.492. The molecular formula is C21H18N4O8. The topological polar surface area (TPSA) is 160 Å². The van der Waals surface area contributed by atoms with Crippen molar-refractivity contribution in [1.29, 1.82) is 0 Å². The van der Waals surface area contributed by atoms with E-state index in [1.807, 2.05) is 0 Å². The fourth-order valence-corrected chi connectivity index (χ4v) is 2.89. The first-order chi connectivity index (χ1) is 15.8. The molecule has 0 amide bonds. The monoisotopic (exact) mass is 454 g/mol. The van der Waals surface area contributed by atoms with Crippen LogP contribution in [0.2, 0.25) is 0 Å². The predicted octanol–water partition coefficient (Wildman–Crippen LogP) is 5.21. The molecule has 1 N–H and O–H groups in total. The van der Waals surface area contributed by atoms with Crippen molar-refractivity contribution in [3.8, 4) is 17.2 Å². The molecule has 0 spiro atoms. The second-order valence-electron chi connectivity index (χ2n) is 6.64. The zero-order valence-corrected chi connectivity index (χ0v) is 17.3. The van der Waals surface area contributed by atoms with Crippen LogP contribution in [0, 0.1) is 30.3 Å². The maximum atomic E-state index is 11.4. The number of nitro benzene ring substituents is 3. The Kier molecular flexibility index (Phi) is 6.98. The number of anilines is 1. The van der Waals surface area contributed by atoms with E-state index < -0.39 is 26.1 Å². The van der Waals surface area contributed by atoms with E-state index in [1.54, 1.807) is 37.3 Å². The minimum absolute atomic E-state index is 0.0129. The largest absolute Gasteiger partial charge is 0.490 e. The Hall–Kier alpha value is -4.74. The van der Waals surface area contributed by atoms with Crippen LogP contribution in [0.15, 0.2) is 60.7 Å². The summed E-state index contributed by atoms with van der Waals surface area (Å²) in [5.74, 6) is 0.365. The van der Waals surface area contributed by atoms with Gasteiger partial charge in [0.1, 0.15) is 0 Å². The highest BCUT2D eigenvalue weighted by molar-refractivity contribution is 5.56. The maximum absolute atomic E-state index is 11.4. The molecule has 0 fully saturated rings. The Balaban J connectivity index is 1.81. The molecule has 0 aliphatic rings. The van der Waals surface area contributed by atoms with E-state index in [0.717, 1.165) is 23.8 Å². The summed E-state index contributed by atoms with van der Waals surface area (Å²) in [6.07, 6.45) is 0. The van der Waals surface area contributed by atoms with Gasteiger partial charge in [-0.05, 0) is 42.8 Å². The van der Waals surface area contributed by atoms with Gasteiger partial charge in [-0.3, -0.25) is 30.3 Å². The number of rotatable bonds is 10. The second-order valence-corrected chi connectivity index (χ2v) is 6.64. The number of non-ortho nitro benzene ring substituents is 2. The molecule has 0 bridgehead atoms. The van der Waals surface area contributed by atoms with Crippen LogP contribution >= 0.6 is 0 Å². The van der Waals surface area contributed by atoms with Gasteiger partial charge in [-0.15, -0.1) is 0 Å². The number of ether oxygens (including phenoxy) is 2. The average molecular weight is 454 g/mol. The van der Waals surface area contributed by atoms with E-state index in [-0.39, 0.29) is 17.2 Å². The van der Waals surface area contributed by atoms with Gasteiger partial charge in [-0.1, -0.05) is 6.07 Å². The normalized spacial score (nSPS) is 10.3. The Labute approximate surface area is 186 Å². The lowest BCUT2D eigenvalue weighted by Crippen LogP contribution is -2.02. The van der Waals surface area contributed by atoms with Gasteiger partial charge in [-0.2, -0.15) is 0 Å². The summed E-state index contributed by atoms with van der Waals surface area (Å²) in [4.78, 5) is 31.1. The van der Waals surface area contributed by atoms with Gasteiger partial charge >= 0.3 is 5.69 Å². The van der Waals surface area contributed by atoms with E-state index in [4.69, 9.17) is 9.47 Å². The number of nitro groups is 3. The summed E-state index contributed by atoms with van der Waals surface area (Å²) < 4.78 is 11.3. The first-order valence-corrected chi connectivity index (χ1v) is 9.63. The third-order valence-electron chi connectivity index (χ3n) is 4.45. The van der Waals surface area contributed by atoms with Gasteiger partial charge in [0.25, 0.3) is 11.4 Å². The molecule has 12 heteroatoms. The molecule has 3 aromatic rings. The van der Waals surface area contributed by atoms with Crippen molar-refractivity contribution < 1.29 is 24.2 Å². The van der Waals surface area contributed by atoms with Gasteiger partial charge in [0.15, 0.2) is 11.5 Å². The van der Waals surface area contributed by atoms with Gasteiger partial charge < -0.3 is 14.8 Å². The van der Waals surface area contributed by atoms with E-state index in [2.05, 4.69) is 5.32 Å². The smallest absolute Gasteiger partial charge is 0.318 e. The van der Waals surface area contributed by atoms with E-state index in [9.17, 15) is 30.3 Å². The lowest BCUT2D eigenvalue weighted by Gasteiger charge is -2.14. The standard InChI is InChI=1S/C21H18N4O8/c1-2-32-21-11-14(13-22-15-4-6-16(7-5-15)23(26)27)3-9-20(21)33-19-10-8-17(24(28)29)12-18(19)25(30)31/h3-12,22H,2,13H2,1H3. The highest BCUT2D eigenvalue weighted by Gasteiger charge is 2.22. The van der Waals surface area contributed by atoms with Crippen molar-refractivity contribution in [1.82, 2.24) is 0 Å². The molecular weight excluding hydrogens is 436 g/mol. The summed E-state index contributed by atoms with van der Waals surface area (Å²) in [6, 6.07) is 14.0. The maximum Gasteiger partial charge on any atom is 0.318 e. The van der Waals surface area contributed by atoms with Crippen molar-refractivity contribution in [3.63, 3.8) is 0 Å². The number of hydrogen-bond donors (Lipinski definition) is 1. The number of benzene rings is 3. The molecule has 0 heterocycles. The summed E-state index contributed by atoms with van der Waals surface area (Å²) in [6.45, 7) is 2.44. The van der Waals surface area contributed by atoms with Crippen molar-refractivity contribution >= 4 is 22.7 Å². The van der Waals surface area contributed by atoms with Crippen LogP contribution in [0.3, 0.4) is 0 Å². The molecule has 0 saturated heterocycles. The van der Waals surface area contributed by atoms with Crippen LogP contribution in [0.1, 0.15) is 12.5 Å². The molecule has 170 valence electrons. The molecule has 3 aromatic carbocycles. The van der Waals surface area contributed by atoms with Crippen LogP contribution in [0.5, 0.6) is 17.2 Å². The molecule has 0 aromatic heterocycles. The lowest BCUT2D eigenvalue weighted by molar-refractivity contribution is -0.394. The van der Waals surface area contributed by atoms with E-state index >= 15 is 0 Å². The van der Waals surface area contributed by atoms with Crippen LogP contribution in [-0.2, 0) is 6.54 Å². The molecule has 0 unspecified atom stereocenters. The molecule has 0 aliphatic carbocycles. The molecule has 12 nitrogen and oxygen atoms in total.